The van der Waals surface area contributed by atoms with E-state index in [1.807, 2.05) is 18.2 Å². The van der Waals surface area contributed by atoms with Gasteiger partial charge in [0.2, 0.25) is 0 Å². The number of halogens is 1. The molecule has 3 aromatic rings. The zero-order valence-electron chi connectivity index (χ0n) is 16.7. The molecule has 0 aromatic heterocycles. The number of esters is 1. The maximum atomic E-state index is 12.3. The van der Waals surface area contributed by atoms with Crippen molar-refractivity contribution in [2.75, 3.05) is 11.9 Å². The molecule has 0 spiro atoms. The third kappa shape index (κ3) is 6.09. The maximum absolute atomic E-state index is 12.3. The highest BCUT2D eigenvalue weighted by molar-refractivity contribution is 6.30. The number of rotatable bonds is 7. The first-order valence-electron chi connectivity index (χ1n) is 9.51. The summed E-state index contributed by atoms with van der Waals surface area (Å²) in [5.74, 6) is 0.526. The van der Waals surface area contributed by atoms with Crippen LogP contribution in [-0.4, -0.2) is 18.5 Å². The Bertz CT molecular complexity index is 1010. The summed E-state index contributed by atoms with van der Waals surface area (Å²) in [5, 5.41) is 3.36. The molecular formula is C24H22ClNO4. The van der Waals surface area contributed by atoms with Crippen molar-refractivity contribution in [1.82, 2.24) is 0 Å². The molecule has 1 N–H and O–H groups in total. The first-order valence-corrected chi connectivity index (χ1v) is 9.89. The average molecular weight is 424 g/mol. The lowest BCUT2D eigenvalue weighted by molar-refractivity contribution is -0.136. The summed E-state index contributed by atoms with van der Waals surface area (Å²) in [6.07, 6.45) is 0. The van der Waals surface area contributed by atoms with Crippen LogP contribution in [0.2, 0.25) is 5.02 Å². The molecule has 1 amide bonds. The van der Waals surface area contributed by atoms with E-state index in [4.69, 9.17) is 21.1 Å². The standard InChI is InChI=1S/C24H22ClNO4/c1-16(2)18-4-3-5-22(14-18)29-15-23(27)30-21-12-6-17(7-13-21)24(28)26-20-10-8-19(25)9-11-20/h3-14,16H,15H2,1-2H3,(H,26,28). The van der Waals surface area contributed by atoms with E-state index in [0.717, 1.165) is 5.56 Å². The van der Waals surface area contributed by atoms with Crippen LogP contribution in [-0.2, 0) is 4.79 Å². The van der Waals surface area contributed by atoms with Gasteiger partial charge in [-0.25, -0.2) is 4.79 Å². The topological polar surface area (TPSA) is 64.6 Å². The van der Waals surface area contributed by atoms with Crippen LogP contribution in [0.15, 0.2) is 72.8 Å². The Morgan fingerprint density at radius 1 is 0.933 bits per heavy atom. The van der Waals surface area contributed by atoms with Gasteiger partial charge in [-0.2, -0.15) is 0 Å². The lowest BCUT2D eigenvalue weighted by Gasteiger charge is -2.10. The van der Waals surface area contributed by atoms with Crippen molar-refractivity contribution < 1.29 is 19.1 Å². The highest BCUT2D eigenvalue weighted by Gasteiger charge is 2.10. The molecule has 3 aromatic carbocycles. The molecule has 3 rings (SSSR count). The molecule has 0 unspecified atom stereocenters. The number of nitrogens with one attached hydrogen (secondary N) is 1. The maximum Gasteiger partial charge on any atom is 0.349 e. The molecule has 0 saturated carbocycles. The number of amides is 1. The highest BCUT2D eigenvalue weighted by atomic mass is 35.5. The summed E-state index contributed by atoms with van der Waals surface area (Å²) in [6, 6.07) is 20.7. The van der Waals surface area contributed by atoms with E-state index in [9.17, 15) is 9.59 Å². The Balaban J connectivity index is 1.52. The molecule has 0 bridgehead atoms. The second kappa shape index (κ2) is 9.94. The van der Waals surface area contributed by atoms with Crippen molar-refractivity contribution in [1.29, 1.82) is 0 Å². The lowest BCUT2D eigenvalue weighted by atomic mass is 10.0. The van der Waals surface area contributed by atoms with Gasteiger partial charge in [-0.3, -0.25) is 4.79 Å². The van der Waals surface area contributed by atoms with Gasteiger partial charge in [0.25, 0.3) is 5.91 Å². The minimum absolute atomic E-state index is 0.208. The Hall–Kier alpha value is -3.31. The zero-order valence-corrected chi connectivity index (χ0v) is 17.5. The first-order chi connectivity index (χ1) is 14.4. The molecule has 5 nitrogen and oxygen atoms in total. The van der Waals surface area contributed by atoms with Crippen LogP contribution >= 0.6 is 11.6 Å². The Kier molecular flexibility index (Phi) is 7.09. The van der Waals surface area contributed by atoms with Gasteiger partial charge in [-0.15, -0.1) is 0 Å². The van der Waals surface area contributed by atoms with E-state index in [0.29, 0.717) is 33.7 Å². The van der Waals surface area contributed by atoms with E-state index < -0.39 is 5.97 Å². The quantitative estimate of drug-likeness (QED) is 0.391. The van der Waals surface area contributed by atoms with Crippen molar-refractivity contribution in [2.24, 2.45) is 0 Å². The molecule has 154 valence electrons. The zero-order chi connectivity index (χ0) is 21.5. The number of carbonyl (C=O) groups is 2. The number of ether oxygens (including phenoxy) is 2. The fraction of sp³-hybridized carbons (Fsp3) is 0.167. The fourth-order valence-electron chi connectivity index (χ4n) is 2.68. The van der Waals surface area contributed by atoms with Gasteiger partial charge in [0.1, 0.15) is 11.5 Å². The molecule has 0 fully saturated rings. The number of hydrogen-bond donors (Lipinski definition) is 1. The Labute approximate surface area is 180 Å². The smallest absolute Gasteiger partial charge is 0.349 e. The van der Waals surface area contributed by atoms with Gasteiger partial charge in [-0.05, 0) is 72.1 Å². The summed E-state index contributed by atoms with van der Waals surface area (Å²) in [5.41, 5.74) is 2.21. The minimum Gasteiger partial charge on any atom is -0.482 e. The second-order valence-electron chi connectivity index (χ2n) is 6.98. The van der Waals surface area contributed by atoms with Gasteiger partial charge in [0, 0.05) is 16.3 Å². The van der Waals surface area contributed by atoms with Crippen molar-refractivity contribution in [3.63, 3.8) is 0 Å². The van der Waals surface area contributed by atoms with Gasteiger partial charge < -0.3 is 14.8 Å². The third-order valence-corrected chi connectivity index (χ3v) is 4.58. The highest BCUT2D eigenvalue weighted by Crippen LogP contribution is 2.20. The summed E-state index contributed by atoms with van der Waals surface area (Å²) >= 11 is 5.84. The van der Waals surface area contributed by atoms with Crippen LogP contribution in [0.4, 0.5) is 5.69 Å². The summed E-state index contributed by atoms with van der Waals surface area (Å²) in [7, 11) is 0. The molecule has 0 saturated heterocycles. The SMILES string of the molecule is CC(C)c1cccc(OCC(=O)Oc2ccc(C(=O)Nc3ccc(Cl)cc3)cc2)c1. The minimum atomic E-state index is -0.525. The normalized spacial score (nSPS) is 10.5. The number of carbonyl (C=O) groups excluding carboxylic acids is 2. The molecule has 30 heavy (non-hydrogen) atoms. The largest absolute Gasteiger partial charge is 0.482 e. The van der Waals surface area contributed by atoms with E-state index in [1.165, 1.54) is 0 Å². The number of anilines is 1. The van der Waals surface area contributed by atoms with Crippen LogP contribution in [0.3, 0.4) is 0 Å². The third-order valence-electron chi connectivity index (χ3n) is 4.33. The number of hydrogen-bond acceptors (Lipinski definition) is 4. The molecule has 0 aliphatic heterocycles. The van der Waals surface area contributed by atoms with Gasteiger partial charge in [0.15, 0.2) is 6.61 Å². The monoisotopic (exact) mass is 423 g/mol. The molecule has 0 aliphatic carbocycles. The van der Waals surface area contributed by atoms with Crippen LogP contribution < -0.4 is 14.8 Å². The predicted molar refractivity (Wildman–Crippen MR) is 118 cm³/mol. The van der Waals surface area contributed by atoms with E-state index in [1.54, 1.807) is 54.6 Å². The van der Waals surface area contributed by atoms with E-state index in [-0.39, 0.29) is 12.5 Å². The van der Waals surface area contributed by atoms with Crippen molar-refractivity contribution in [3.05, 3.63) is 88.9 Å². The summed E-state index contributed by atoms with van der Waals surface area (Å²) in [4.78, 5) is 24.4. The van der Waals surface area contributed by atoms with Crippen LogP contribution in [0, 0.1) is 0 Å². The van der Waals surface area contributed by atoms with E-state index >= 15 is 0 Å². The molecule has 0 atom stereocenters. The average Bonchev–Trinajstić information content (AvgIpc) is 2.74. The predicted octanol–water partition coefficient (Wildman–Crippen LogP) is 5.70. The van der Waals surface area contributed by atoms with Gasteiger partial charge in [-0.1, -0.05) is 37.6 Å². The van der Waals surface area contributed by atoms with Crippen LogP contribution in [0.5, 0.6) is 11.5 Å². The summed E-state index contributed by atoms with van der Waals surface area (Å²) in [6.45, 7) is 3.97. The Morgan fingerprint density at radius 3 is 2.30 bits per heavy atom. The molecule has 6 heteroatoms. The summed E-state index contributed by atoms with van der Waals surface area (Å²) < 4.78 is 10.8. The first kappa shape index (κ1) is 21.4. The van der Waals surface area contributed by atoms with Crippen LogP contribution in [0.25, 0.3) is 0 Å². The molecule has 0 radical (unpaired) electrons. The van der Waals surface area contributed by atoms with Gasteiger partial charge >= 0.3 is 5.97 Å². The molecular weight excluding hydrogens is 402 g/mol. The van der Waals surface area contributed by atoms with Gasteiger partial charge in [0.05, 0.1) is 0 Å². The van der Waals surface area contributed by atoms with E-state index in [2.05, 4.69) is 19.2 Å². The number of benzene rings is 3. The molecule has 0 heterocycles. The fourth-order valence-corrected chi connectivity index (χ4v) is 2.80. The lowest BCUT2D eigenvalue weighted by Crippen LogP contribution is -2.18. The Morgan fingerprint density at radius 2 is 1.63 bits per heavy atom. The second-order valence-corrected chi connectivity index (χ2v) is 7.41. The van der Waals surface area contributed by atoms with Crippen LogP contribution in [0.1, 0.15) is 35.7 Å². The van der Waals surface area contributed by atoms with Crippen molar-refractivity contribution in [2.45, 2.75) is 19.8 Å². The molecule has 0 aliphatic rings. The van der Waals surface area contributed by atoms with Crippen molar-refractivity contribution >= 4 is 29.2 Å². The van der Waals surface area contributed by atoms with Crippen molar-refractivity contribution in [3.8, 4) is 11.5 Å².